The lowest BCUT2D eigenvalue weighted by Crippen LogP contribution is -2.27. The molecule has 1 atom stereocenters. The normalized spacial score (nSPS) is 24.6. The molecule has 1 unspecified atom stereocenters. The van der Waals surface area contributed by atoms with E-state index < -0.39 is 5.50 Å². The van der Waals surface area contributed by atoms with Crippen LogP contribution in [0.4, 0.5) is 0 Å². The zero-order valence-corrected chi connectivity index (χ0v) is 9.82. The van der Waals surface area contributed by atoms with Gasteiger partial charge in [-0.1, -0.05) is 11.6 Å². The summed E-state index contributed by atoms with van der Waals surface area (Å²) in [5, 5.41) is 10.2. The Hall–Kier alpha value is -0.185. The van der Waals surface area contributed by atoms with Crippen LogP contribution in [-0.2, 0) is 5.50 Å². The second kappa shape index (κ2) is 3.15. The molecule has 1 aromatic rings. The van der Waals surface area contributed by atoms with E-state index in [2.05, 4.69) is 15.9 Å². The number of benzene rings is 1. The summed E-state index contributed by atoms with van der Waals surface area (Å²) in [5.74, 6) is 0.586. The molecule has 0 aliphatic carbocycles. The molecule has 0 bridgehead atoms. The number of fused-ring (bicyclic) bond motifs is 1. The van der Waals surface area contributed by atoms with Crippen LogP contribution in [0.5, 0.6) is 5.75 Å². The van der Waals surface area contributed by atoms with E-state index in [9.17, 15) is 5.11 Å². The molecule has 2 radical (unpaired) electrons. The van der Waals surface area contributed by atoms with Gasteiger partial charge in [0.05, 0.1) is 10.5 Å². The van der Waals surface area contributed by atoms with E-state index in [4.69, 9.17) is 24.2 Å². The number of rotatable bonds is 0. The van der Waals surface area contributed by atoms with Crippen molar-refractivity contribution in [1.82, 2.24) is 0 Å². The van der Waals surface area contributed by atoms with Gasteiger partial charge in [-0.25, -0.2) is 0 Å². The molecule has 72 valence electrons. The molecular weight excluding hydrogens is 266 g/mol. The minimum absolute atomic E-state index is 0.0410. The lowest BCUT2D eigenvalue weighted by Gasteiger charge is -2.17. The maximum absolute atomic E-state index is 9.82. The molecule has 0 saturated heterocycles. The molecule has 1 aliphatic rings. The topological polar surface area (TPSA) is 29.5 Å². The van der Waals surface area contributed by atoms with E-state index in [1.807, 2.05) is 13.0 Å². The Balaban J connectivity index is 2.75. The quantitative estimate of drug-likeness (QED) is 0.734. The van der Waals surface area contributed by atoms with Crippen molar-refractivity contribution in [2.45, 2.75) is 12.4 Å². The maximum atomic E-state index is 9.82. The van der Waals surface area contributed by atoms with Gasteiger partial charge in [-0.3, -0.25) is 0 Å². The zero-order chi connectivity index (χ0) is 10.5. The third-order valence-electron chi connectivity index (χ3n) is 2.23. The number of hydrogen-bond donors (Lipinski definition) is 1. The SMILES string of the molecule is [B]C1(O)COc2c(C)cc(Br)c(Cl)c21. The van der Waals surface area contributed by atoms with Crippen LogP contribution in [0.25, 0.3) is 0 Å². The van der Waals surface area contributed by atoms with Gasteiger partial charge in [-0.05, 0) is 34.5 Å². The third-order valence-corrected chi connectivity index (χ3v) is 3.47. The molecule has 1 heterocycles. The molecule has 1 aliphatic heterocycles. The van der Waals surface area contributed by atoms with Crippen LogP contribution < -0.4 is 4.74 Å². The lowest BCUT2D eigenvalue weighted by molar-refractivity contribution is 0.0969. The molecule has 2 rings (SSSR count). The second-order valence-electron chi connectivity index (χ2n) is 3.41. The van der Waals surface area contributed by atoms with Crippen molar-refractivity contribution in [3.8, 4) is 5.75 Å². The second-order valence-corrected chi connectivity index (χ2v) is 4.64. The fraction of sp³-hybridized carbons (Fsp3) is 0.333. The average Bonchev–Trinajstić information content (AvgIpc) is 2.38. The molecule has 0 amide bonds. The Morgan fingerprint density at radius 3 is 3.00 bits per heavy atom. The first-order valence-electron chi connectivity index (χ1n) is 4.06. The monoisotopic (exact) mass is 272 g/mol. The fourth-order valence-corrected chi connectivity index (χ4v) is 2.41. The Kier molecular flexibility index (Phi) is 2.33. The number of ether oxygens (including phenoxy) is 1. The van der Waals surface area contributed by atoms with Crippen LogP contribution in [0, 0.1) is 6.92 Å². The molecule has 5 heteroatoms. The van der Waals surface area contributed by atoms with Crippen LogP contribution in [0.2, 0.25) is 5.02 Å². The van der Waals surface area contributed by atoms with Crippen molar-refractivity contribution in [3.63, 3.8) is 0 Å². The molecule has 14 heavy (non-hydrogen) atoms. The van der Waals surface area contributed by atoms with Crippen LogP contribution in [0.1, 0.15) is 11.1 Å². The standard InChI is InChI=1S/C9H7BBrClO2/c1-4-2-5(11)7(12)6-8(4)14-3-9(6,10)13/h2,13H,3H2,1H3. The van der Waals surface area contributed by atoms with E-state index in [1.54, 1.807) is 0 Å². The van der Waals surface area contributed by atoms with E-state index in [-0.39, 0.29) is 6.61 Å². The molecule has 0 fully saturated rings. The summed E-state index contributed by atoms with van der Waals surface area (Å²) in [6.07, 6.45) is 0. The highest BCUT2D eigenvalue weighted by atomic mass is 79.9. The maximum Gasteiger partial charge on any atom is 0.129 e. The number of aryl methyl sites for hydroxylation is 1. The van der Waals surface area contributed by atoms with E-state index in [0.717, 1.165) is 5.56 Å². The van der Waals surface area contributed by atoms with Gasteiger partial charge in [0.25, 0.3) is 0 Å². The summed E-state index contributed by atoms with van der Waals surface area (Å²) >= 11 is 9.33. The molecule has 0 saturated carbocycles. The molecule has 1 aromatic carbocycles. The van der Waals surface area contributed by atoms with Gasteiger partial charge in [-0.2, -0.15) is 0 Å². The Labute approximate surface area is 96.8 Å². The highest BCUT2D eigenvalue weighted by molar-refractivity contribution is 9.10. The summed E-state index contributed by atoms with van der Waals surface area (Å²) < 4.78 is 6.01. The van der Waals surface area contributed by atoms with Gasteiger partial charge in [0, 0.05) is 10.0 Å². The summed E-state index contributed by atoms with van der Waals surface area (Å²) in [5.41, 5.74) is -0.121. The number of hydrogen-bond acceptors (Lipinski definition) is 2. The van der Waals surface area contributed by atoms with E-state index in [1.165, 1.54) is 0 Å². The van der Waals surface area contributed by atoms with Crippen LogP contribution in [0.3, 0.4) is 0 Å². The highest BCUT2D eigenvalue weighted by Crippen LogP contribution is 2.45. The van der Waals surface area contributed by atoms with Crippen molar-refractivity contribution >= 4 is 35.4 Å². The van der Waals surface area contributed by atoms with Crippen molar-refractivity contribution in [2.75, 3.05) is 6.61 Å². The van der Waals surface area contributed by atoms with Crippen molar-refractivity contribution < 1.29 is 9.84 Å². The number of aliphatic hydroxyl groups is 1. The molecular formula is C9H7BBrClO2. The first kappa shape index (κ1) is 10.3. The first-order valence-corrected chi connectivity index (χ1v) is 5.23. The Morgan fingerprint density at radius 2 is 2.36 bits per heavy atom. The van der Waals surface area contributed by atoms with Gasteiger partial charge < -0.3 is 9.84 Å². The smallest absolute Gasteiger partial charge is 0.129 e. The van der Waals surface area contributed by atoms with Gasteiger partial charge in [0.1, 0.15) is 20.2 Å². The molecule has 1 N–H and O–H groups in total. The molecule has 2 nitrogen and oxygen atoms in total. The van der Waals surface area contributed by atoms with Gasteiger partial charge in [-0.15, -0.1) is 0 Å². The Bertz CT molecular complexity index is 406. The lowest BCUT2D eigenvalue weighted by atomic mass is 9.77. The third kappa shape index (κ3) is 1.37. The minimum Gasteiger partial charge on any atom is -0.490 e. The van der Waals surface area contributed by atoms with Crippen LogP contribution >= 0.6 is 27.5 Å². The van der Waals surface area contributed by atoms with Gasteiger partial charge in [0.15, 0.2) is 0 Å². The predicted molar refractivity (Wildman–Crippen MR) is 59.0 cm³/mol. The van der Waals surface area contributed by atoms with E-state index >= 15 is 0 Å². The summed E-state index contributed by atoms with van der Waals surface area (Å²) in [4.78, 5) is 0. The van der Waals surface area contributed by atoms with Gasteiger partial charge in [0.2, 0.25) is 0 Å². The zero-order valence-electron chi connectivity index (χ0n) is 7.47. The molecule has 0 aromatic heterocycles. The predicted octanol–water partition coefficient (Wildman–Crippen LogP) is 2.12. The minimum atomic E-state index is -1.49. The van der Waals surface area contributed by atoms with Crippen molar-refractivity contribution in [2.24, 2.45) is 0 Å². The molecule has 0 spiro atoms. The average molecular weight is 273 g/mol. The first-order chi connectivity index (χ1) is 6.43. The van der Waals surface area contributed by atoms with Crippen molar-refractivity contribution in [1.29, 1.82) is 0 Å². The largest absolute Gasteiger partial charge is 0.490 e. The fourth-order valence-electron chi connectivity index (χ4n) is 1.56. The van der Waals surface area contributed by atoms with Crippen LogP contribution in [-0.4, -0.2) is 19.6 Å². The van der Waals surface area contributed by atoms with Crippen molar-refractivity contribution in [3.05, 3.63) is 26.7 Å². The van der Waals surface area contributed by atoms with Gasteiger partial charge >= 0.3 is 0 Å². The summed E-state index contributed by atoms with van der Waals surface area (Å²) in [7, 11) is 5.65. The Morgan fingerprint density at radius 1 is 1.71 bits per heavy atom. The number of halogens is 2. The summed E-state index contributed by atoms with van der Waals surface area (Å²) in [6, 6.07) is 1.84. The summed E-state index contributed by atoms with van der Waals surface area (Å²) in [6.45, 7) is 1.92. The van der Waals surface area contributed by atoms with Crippen LogP contribution in [0.15, 0.2) is 10.5 Å². The van der Waals surface area contributed by atoms with E-state index in [0.29, 0.717) is 20.8 Å². The highest BCUT2D eigenvalue weighted by Gasteiger charge is 2.37.